The van der Waals surface area contributed by atoms with E-state index < -0.39 is 0 Å². The van der Waals surface area contributed by atoms with E-state index in [2.05, 4.69) is 120 Å². The first kappa shape index (κ1) is 25.4. The lowest BCUT2D eigenvalue weighted by Crippen LogP contribution is -1.94. The second-order valence-electron chi connectivity index (χ2n) is 11.4. The van der Waals surface area contributed by atoms with Crippen LogP contribution in [0.15, 0.2) is 168 Å². The largest absolute Gasteiger partial charge is 0.457 e. The molecule has 2 heterocycles. The average molecular weight is 578 g/mol. The number of aromatic nitrogens is 1. The standard InChI is InChI=1S/C42H27NO2/c1-2-10-28(11-3-1)29-20-25-39-37(27-29)35-14-4-6-17-38(35)43(39)31-21-23-32(24-22-31)44-33-13-8-12-30(26-33)34-16-9-19-41-42(34)36-15-5-7-18-40(36)45-41/h1-27H. The molecule has 9 rings (SSSR count). The molecule has 0 N–H and O–H groups in total. The van der Waals surface area contributed by atoms with Gasteiger partial charge in [0.2, 0.25) is 0 Å². The third-order valence-corrected chi connectivity index (χ3v) is 8.66. The highest BCUT2D eigenvalue weighted by Crippen LogP contribution is 2.39. The Bertz CT molecular complexity index is 2500. The normalized spacial score (nSPS) is 11.6. The summed E-state index contributed by atoms with van der Waals surface area (Å²) in [6, 6.07) is 57.0. The Kier molecular flexibility index (Phi) is 5.82. The number of ether oxygens (including phenoxy) is 1. The van der Waals surface area contributed by atoms with E-state index in [9.17, 15) is 0 Å². The van der Waals surface area contributed by atoms with Crippen LogP contribution < -0.4 is 4.74 Å². The summed E-state index contributed by atoms with van der Waals surface area (Å²) in [6.45, 7) is 0. The van der Waals surface area contributed by atoms with Gasteiger partial charge in [0.25, 0.3) is 0 Å². The molecular formula is C42H27NO2. The summed E-state index contributed by atoms with van der Waals surface area (Å²) in [6.07, 6.45) is 0. The lowest BCUT2D eigenvalue weighted by Gasteiger charge is -2.11. The summed E-state index contributed by atoms with van der Waals surface area (Å²) in [5, 5.41) is 4.72. The first-order chi connectivity index (χ1) is 22.3. The van der Waals surface area contributed by atoms with E-state index in [-0.39, 0.29) is 0 Å². The van der Waals surface area contributed by atoms with Crippen LogP contribution in [0.25, 0.3) is 71.7 Å². The molecule has 0 bridgehead atoms. The first-order valence-electron chi connectivity index (χ1n) is 15.2. The molecule has 3 nitrogen and oxygen atoms in total. The van der Waals surface area contributed by atoms with Crippen molar-refractivity contribution in [3.8, 4) is 39.4 Å². The molecular weight excluding hydrogens is 550 g/mol. The van der Waals surface area contributed by atoms with E-state index in [1.54, 1.807) is 0 Å². The highest BCUT2D eigenvalue weighted by molar-refractivity contribution is 6.12. The fourth-order valence-corrected chi connectivity index (χ4v) is 6.60. The predicted molar refractivity (Wildman–Crippen MR) is 185 cm³/mol. The van der Waals surface area contributed by atoms with E-state index in [0.29, 0.717) is 0 Å². The minimum Gasteiger partial charge on any atom is -0.457 e. The van der Waals surface area contributed by atoms with Crippen LogP contribution in [-0.2, 0) is 0 Å². The van der Waals surface area contributed by atoms with Gasteiger partial charge in [0, 0.05) is 27.2 Å². The number of fused-ring (bicyclic) bond motifs is 6. The zero-order chi connectivity index (χ0) is 29.7. The predicted octanol–water partition coefficient (Wildman–Crippen LogP) is 11.8. The fraction of sp³-hybridized carbons (Fsp3) is 0. The van der Waals surface area contributed by atoms with Crippen molar-refractivity contribution in [3.63, 3.8) is 0 Å². The summed E-state index contributed by atoms with van der Waals surface area (Å²) in [5.74, 6) is 1.57. The van der Waals surface area contributed by atoms with Gasteiger partial charge >= 0.3 is 0 Å². The molecule has 0 amide bonds. The summed E-state index contributed by atoms with van der Waals surface area (Å²) in [7, 11) is 0. The maximum atomic E-state index is 6.40. The van der Waals surface area contributed by atoms with Gasteiger partial charge < -0.3 is 13.7 Å². The quantitative estimate of drug-likeness (QED) is 0.203. The molecule has 7 aromatic carbocycles. The van der Waals surface area contributed by atoms with Crippen LogP contribution >= 0.6 is 0 Å². The minimum absolute atomic E-state index is 0.787. The van der Waals surface area contributed by atoms with Crippen LogP contribution in [0.4, 0.5) is 0 Å². The molecule has 45 heavy (non-hydrogen) atoms. The number of para-hydroxylation sites is 2. The highest BCUT2D eigenvalue weighted by atomic mass is 16.5. The van der Waals surface area contributed by atoms with Crippen LogP contribution in [0.1, 0.15) is 0 Å². The monoisotopic (exact) mass is 577 g/mol. The van der Waals surface area contributed by atoms with Crippen molar-refractivity contribution >= 4 is 43.7 Å². The third-order valence-electron chi connectivity index (χ3n) is 8.66. The Morgan fingerprint density at radius 1 is 0.422 bits per heavy atom. The van der Waals surface area contributed by atoms with E-state index in [1.165, 1.54) is 32.9 Å². The van der Waals surface area contributed by atoms with E-state index in [0.717, 1.165) is 50.3 Å². The lowest BCUT2D eigenvalue weighted by atomic mass is 9.99. The van der Waals surface area contributed by atoms with Gasteiger partial charge in [0.15, 0.2) is 0 Å². The van der Waals surface area contributed by atoms with E-state index in [4.69, 9.17) is 9.15 Å². The zero-order valence-electron chi connectivity index (χ0n) is 24.4. The summed E-state index contributed by atoms with van der Waals surface area (Å²) >= 11 is 0. The van der Waals surface area contributed by atoms with Crippen molar-refractivity contribution in [3.05, 3.63) is 164 Å². The van der Waals surface area contributed by atoms with Crippen molar-refractivity contribution in [1.29, 1.82) is 0 Å². The Morgan fingerprint density at radius 2 is 1.13 bits per heavy atom. The van der Waals surface area contributed by atoms with E-state index >= 15 is 0 Å². The lowest BCUT2D eigenvalue weighted by molar-refractivity contribution is 0.483. The van der Waals surface area contributed by atoms with Gasteiger partial charge in [-0.25, -0.2) is 0 Å². The average Bonchev–Trinajstić information content (AvgIpc) is 3.65. The second kappa shape index (κ2) is 10.3. The summed E-state index contributed by atoms with van der Waals surface area (Å²) in [4.78, 5) is 0. The molecule has 0 radical (unpaired) electrons. The van der Waals surface area contributed by atoms with Gasteiger partial charge in [0.05, 0.1) is 11.0 Å². The molecule has 0 spiro atoms. The second-order valence-corrected chi connectivity index (χ2v) is 11.4. The Balaban J connectivity index is 1.06. The van der Waals surface area contributed by atoms with Crippen LogP contribution in [0.3, 0.4) is 0 Å². The molecule has 212 valence electrons. The van der Waals surface area contributed by atoms with Crippen molar-refractivity contribution < 1.29 is 9.15 Å². The molecule has 0 aliphatic heterocycles. The minimum atomic E-state index is 0.787. The molecule has 0 aliphatic rings. The molecule has 0 aliphatic carbocycles. The molecule has 3 heteroatoms. The maximum Gasteiger partial charge on any atom is 0.136 e. The van der Waals surface area contributed by atoms with Crippen molar-refractivity contribution in [2.45, 2.75) is 0 Å². The van der Waals surface area contributed by atoms with Crippen molar-refractivity contribution in [2.75, 3.05) is 0 Å². The van der Waals surface area contributed by atoms with Crippen molar-refractivity contribution in [2.24, 2.45) is 0 Å². The first-order valence-corrected chi connectivity index (χ1v) is 15.2. The SMILES string of the molecule is c1ccc(-c2ccc3c(c2)c2ccccc2n3-c2ccc(Oc3cccc(-c4cccc5oc6ccccc6c45)c3)cc2)cc1. The molecule has 0 saturated heterocycles. The number of nitrogens with zero attached hydrogens (tertiary/aromatic N) is 1. The molecule has 0 saturated carbocycles. The van der Waals surface area contributed by atoms with Crippen LogP contribution in [-0.4, -0.2) is 4.57 Å². The number of hydrogen-bond acceptors (Lipinski definition) is 2. The summed E-state index contributed by atoms with van der Waals surface area (Å²) < 4.78 is 14.9. The van der Waals surface area contributed by atoms with Gasteiger partial charge in [0.1, 0.15) is 22.7 Å². The summed E-state index contributed by atoms with van der Waals surface area (Å²) in [5.41, 5.74) is 9.88. The van der Waals surface area contributed by atoms with Gasteiger partial charge in [-0.05, 0) is 89.0 Å². The van der Waals surface area contributed by atoms with Gasteiger partial charge in [-0.15, -0.1) is 0 Å². The Labute approximate surface area is 260 Å². The number of benzene rings is 7. The highest BCUT2D eigenvalue weighted by Gasteiger charge is 2.15. The molecule has 0 unspecified atom stereocenters. The molecule has 0 fully saturated rings. The van der Waals surface area contributed by atoms with Crippen LogP contribution in [0, 0.1) is 0 Å². The molecule has 0 atom stereocenters. The smallest absolute Gasteiger partial charge is 0.136 e. The Hall–Kier alpha value is -6.06. The third kappa shape index (κ3) is 4.29. The van der Waals surface area contributed by atoms with Gasteiger partial charge in [-0.2, -0.15) is 0 Å². The van der Waals surface area contributed by atoms with Gasteiger partial charge in [-0.1, -0.05) is 97.1 Å². The fourth-order valence-electron chi connectivity index (χ4n) is 6.60. The van der Waals surface area contributed by atoms with Crippen molar-refractivity contribution in [1.82, 2.24) is 4.57 Å². The topological polar surface area (TPSA) is 27.3 Å². The van der Waals surface area contributed by atoms with E-state index in [1.807, 2.05) is 48.5 Å². The Morgan fingerprint density at radius 3 is 2.02 bits per heavy atom. The number of rotatable bonds is 5. The van der Waals surface area contributed by atoms with Crippen LogP contribution in [0.2, 0.25) is 0 Å². The molecule has 9 aromatic rings. The van der Waals surface area contributed by atoms with Gasteiger partial charge in [-0.3, -0.25) is 0 Å². The maximum absolute atomic E-state index is 6.40. The molecule has 2 aromatic heterocycles. The zero-order valence-corrected chi connectivity index (χ0v) is 24.4. The number of furan rings is 1. The van der Waals surface area contributed by atoms with Crippen LogP contribution in [0.5, 0.6) is 11.5 Å². The number of hydrogen-bond donors (Lipinski definition) is 0.